The van der Waals surface area contributed by atoms with E-state index in [4.69, 9.17) is 16.3 Å². The molecule has 1 aromatic rings. The molecule has 2 rings (SSSR count). The van der Waals surface area contributed by atoms with Crippen LogP contribution < -0.4 is 5.32 Å². The Hall–Kier alpha value is -1.82. The number of carbonyl (C=O) groups is 1. The maximum atomic E-state index is 12.1. The lowest BCUT2D eigenvalue weighted by atomic mass is 9.91. The van der Waals surface area contributed by atoms with Gasteiger partial charge in [-0.25, -0.2) is 14.8 Å². The van der Waals surface area contributed by atoms with Gasteiger partial charge in [0.05, 0.1) is 23.5 Å². The van der Waals surface area contributed by atoms with Gasteiger partial charge in [0.25, 0.3) is 0 Å². The molecule has 2 heterocycles. The van der Waals surface area contributed by atoms with Crippen LogP contribution in [0.3, 0.4) is 0 Å². The fourth-order valence-corrected chi connectivity index (χ4v) is 2.70. The van der Waals surface area contributed by atoms with Crippen molar-refractivity contribution in [3.8, 4) is 0 Å². The van der Waals surface area contributed by atoms with Crippen molar-refractivity contribution < 1.29 is 9.53 Å². The summed E-state index contributed by atoms with van der Waals surface area (Å²) in [6, 6.07) is 0.0466. The molecule has 0 spiro atoms. The van der Waals surface area contributed by atoms with Gasteiger partial charge in [-0.05, 0) is 18.8 Å². The zero-order valence-corrected chi connectivity index (χ0v) is 13.4. The van der Waals surface area contributed by atoms with Crippen LogP contribution in [0.4, 0.5) is 10.7 Å². The number of rotatable bonds is 5. The first-order chi connectivity index (χ1) is 10.6. The third kappa shape index (κ3) is 4.34. The quantitative estimate of drug-likeness (QED) is 0.843. The van der Waals surface area contributed by atoms with Crippen molar-refractivity contribution in [2.45, 2.75) is 25.8 Å². The van der Waals surface area contributed by atoms with Crippen LogP contribution in [0.25, 0.3) is 0 Å². The smallest absolute Gasteiger partial charge is 0.410 e. The van der Waals surface area contributed by atoms with Crippen molar-refractivity contribution in [2.75, 3.05) is 25.0 Å². The fourth-order valence-electron chi connectivity index (χ4n) is 2.60. The van der Waals surface area contributed by atoms with Crippen LogP contribution >= 0.6 is 11.6 Å². The van der Waals surface area contributed by atoms with Crippen LogP contribution in [0.5, 0.6) is 0 Å². The molecule has 0 aliphatic carbocycles. The van der Waals surface area contributed by atoms with Gasteiger partial charge in [0.2, 0.25) is 5.95 Å². The van der Waals surface area contributed by atoms with Crippen molar-refractivity contribution in [2.24, 2.45) is 5.92 Å². The lowest BCUT2D eigenvalue weighted by Gasteiger charge is -2.39. The minimum absolute atomic E-state index is 0.0466. The van der Waals surface area contributed by atoms with E-state index in [9.17, 15) is 4.79 Å². The van der Waals surface area contributed by atoms with Crippen LogP contribution in [0.2, 0.25) is 5.02 Å². The summed E-state index contributed by atoms with van der Waals surface area (Å²) in [7, 11) is 0. The van der Waals surface area contributed by atoms with Crippen molar-refractivity contribution in [3.05, 3.63) is 30.1 Å². The van der Waals surface area contributed by atoms with Gasteiger partial charge < -0.3 is 15.0 Å². The van der Waals surface area contributed by atoms with E-state index in [1.54, 1.807) is 11.0 Å². The second-order valence-electron chi connectivity index (χ2n) is 5.35. The molecule has 1 aliphatic rings. The zero-order chi connectivity index (χ0) is 15.9. The molecule has 120 valence electrons. The first-order valence-electron chi connectivity index (χ1n) is 7.37. The monoisotopic (exact) mass is 324 g/mol. The van der Waals surface area contributed by atoms with E-state index in [0.29, 0.717) is 30.0 Å². The molecular formula is C15H21ClN4O2. The lowest BCUT2D eigenvalue weighted by Crippen LogP contribution is -2.51. The van der Waals surface area contributed by atoms with Crippen LogP contribution in [-0.2, 0) is 4.74 Å². The zero-order valence-electron chi connectivity index (χ0n) is 12.7. The molecule has 1 aromatic heterocycles. The number of hydrogen-bond donors (Lipinski definition) is 1. The number of likely N-dealkylation sites (tertiary alicyclic amines) is 1. The first-order valence-corrected chi connectivity index (χ1v) is 7.75. The number of anilines is 1. The van der Waals surface area contributed by atoms with Gasteiger partial charge in [-0.2, -0.15) is 0 Å². The Morgan fingerprint density at radius 2 is 2.32 bits per heavy atom. The molecule has 1 N–H and O–H groups in total. The van der Waals surface area contributed by atoms with Gasteiger partial charge in [0.1, 0.15) is 6.61 Å². The number of nitrogens with zero attached hydrogens (tertiary/aromatic N) is 3. The van der Waals surface area contributed by atoms with E-state index in [1.165, 1.54) is 12.4 Å². The molecule has 0 aromatic carbocycles. The molecule has 2 atom stereocenters. The molecule has 0 radical (unpaired) electrons. The molecule has 1 saturated heterocycles. The number of hydrogen-bond acceptors (Lipinski definition) is 5. The number of carbonyl (C=O) groups excluding carboxylic acids is 1. The molecule has 1 fully saturated rings. The molecule has 1 aliphatic heterocycles. The molecular weight excluding hydrogens is 304 g/mol. The average molecular weight is 325 g/mol. The summed E-state index contributed by atoms with van der Waals surface area (Å²) in [5, 5.41) is 3.65. The molecule has 0 saturated carbocycles. The maximum absolute atomic E-state index is 12.1. The van der Waals surface area contributed by atoms with Crippen molar-refractivity contribution in [1.29, 1.82) is 0 Å². The Morgan fingerprint density at radius 3 is 3.00 bits per heavy atom. The highest BCUT2D eigenvalue weighted by atomic mass is 35.5. The average Bonchev–Trinajstić information content (AvgIpc) is 2.52. The summed E-state index contributed by atoms with van der Waals surface area (Å²) >= 11 is 5.77. The van der Waals surface area contributed by atoms with Gasteiger partial charge >= 0.3 is 6.09 Å². The number of aromatic nitrogens is 2. The van der Waals surface area contributed by atoms with Crippen molar-refractivity contribution in [1.82, 2.24) is 14.9 Å². The Bertz CT molecular complexity index is 509. The maximum Gasteiger partial charge on any atom is 0.410 e. The Labute approximate surface area is 135 Å². The van der Waals surface area contributed by atoms with E-state index >= 15 is 0 Å². The van der Waals surface area contributed by atoms with Crippen LogP contribution in [0.15, 0.2) is 25.0 Å². The standard InChI is InChI=1S/C15H21ClN4O2/c1-3-7-22-15(21)20-6-4-5-11(2)13(20)10-19-14-17-8-12(16)9-18-14/h3,8-9,11,13H,1,4-7,10H2,2H3,(H,17,18,19)/t11-,13-/m1/s1. The largest absolute Gasteiger partial charge is 0.445 e. The summed E-state index contributed by atoms with van der Waals surface area (Å²) in [5.74, 6) is 0.881. The highest BCUT2D eigenvalue weighted by Gasteiger charge is 2.32. The van der Waals surface area contributed by atoms with E-state index in [-0.39, 0.29) is 18.7 Å². The van der Waals surface area contributed by atoms with Crippen molar-refractivity contribution >= 4 is 23.6 Å². The number of halogens is 1. The number of amides is 1. The van der Waals surface area contributed by atoms with Gasteiger partial charge in [-0.3, -0.25) is 0 Å². The Morgan fingerprint density at radius 1 is 1.59 bits per heavy atom. The highest BCUT2D eigenvalue weighted by molar-refractivity contribution is 6.30. The summed E-state index contributed by atoms with van der Waals surface area (Å²) in [5.41, 5.74) is 0. The molecule has 22 heavy (non-hydrogen) atoms. The molecule has 0 bridgehead atoms. The van der Waals surface area contributed by atoms with E-state index < -0.39 is 0 Å². The molecule has 7 heteroatoms. The molecule has 0 unspecified atom stereocenters. The van der Waals surface area contributed by atoms with Gasteiger partial charge in [-0.15, -0.1) is 0 Å². The Kier molecular flexibility index (Phi) is 6.00. The van der Waals surface area contributed by atoms with Crippen LogP contribution in [0, 0.1) is 5.92 Å². The van der Waals surface area contributed by atoms with E-state index in [2.05, 4.69) is 28.8 Å². The number of piperidine rings is 1. The van der Waals surface area contributed by atoms with Gasteiger partial charge in [0.15, 0.2) is 0 Å². The minimum Gasteiger partial charge on any atom is -0.445 e. The third-order valence-electron chi connectivity index (χ3n) is 3.76. The van der Waals surface area contributed by atoms with Crippen LogP contribution in [0.1, 0.15) is 19.8 Å². The summed E-state index contributed by atoms with van der Waals surface area (Å²) in [4.78, 5) is 22.1. The predicted octanol–water partition coefficient (Wildman–Crippen LogP) is 2.97. The predicted molar refractivity (Wildman–Crippen MR) is 86.0 cm³/mol. The lowest BCUT2D eigenvalue weighted by molar-refractivity contribution is 0.0665. The summed E-state index contributed by atoms with van der Waals surface area (Å²) in [6.45, 7) is 7.20. The highest BCUT2D eigenvalue weighted by Crippen LogP contribution is 2.24. The Balaban J connectivity index is 1.98. The second kappa shape index (κ2) is 7.98. The first kappa shape index (κ1) is 16.5. The molecule has 1 amide bonds. The number of nitrogens with one attached hydrogen (secondary N) is 1. The van der Waals surface area contributed by atoms with Crippen molar-refractivity contribution in [3.63, 3.8) is 0 Å². The second-order valence-corrected chi connectivity index (χ2v) is 5.79. The van der Waals surface area contributed by atoms with E-state index in [0.717, 1.165) is 12.8 Å². The molecule has 6 nitrogen and oxygen atoms in total. The van der Waals surface area contributed by atoms with E-state index in [1.807, 2.05) is 0 Å². The summed E-state index contributed by atoms with van der Waals surface area (Å²) < 4.78 is 5.17. The van der Waals surface area contributed by atoms with Crippen LogP contribution in [-0.4, -0.2) is 46.7 Å². The minimum atomic E-state index is -0.296. The van der Waals surface area contributed by atoms with Gasteiger partial charge in [-0.1, -0.05) is 31.2 Å². The fraction of sp³-hybridized carbons (Fsp3) is 0.533. The third-order valence-corrected chi connectivity index (χ3v) is 3.96. The normalized spacial score (nSPS) is 21.3. The van der Waals surface area contributed by atoms with Gasteiger partial charge in [0, 0.05) is 13.1 Å². The SMILES string of the molecule is C=CCOC(=O)N1CCC[C@@H](C)[C@H]1CNc1ncc(Cl)cn1. The number of ether oxygens (including phenoxy) is 1. The summed E-state index contributed by atoms with van der Waals surface area (Å²) in [6.07, 6.45) is 6.42. The topological polar surface area (TPSA) is 67.3 Å².